The second-order valence-electron chi connectivity index (χ2n) is 5.07. The van der Waals surface area contributed by atoms with Gasteiger partial charge in [-0.1, -0.05) is 0 Å². The molecule has 3 rings (SSSR count). The van der Waals surface area contributed by atoms with E-state index in [4.69, 9.17) is 5.11 Å². The molecule has 1 aliphatic rings. The molecule has 1 saturated carbocycles. The Balaban J connectivity index is 1.59. The molecule has 20 heavy (non-hydrogen) atoms. The molecule has 3 N–H and O–H groups in total. The van der Waals surface area contributed by atoms with Gasteiger partial charge in [0.1, 0.15) is 0 Å². The maximum atomic E-state index is 11.8. The Morgan fingerprint density at radius 3 is 2.80 bits per heavy atom. The van der Waals surface area contributed by atoms with Crippen molar-refractivity contribution in [2.75, 3.05) is 11.9 Å². The van der Waals surface area contributed by atoms with Gasteiger partial charge in [-0.3, -0.25) is 4.79 Å². The van der Waals surface area contributed by atoms with Crippen LogP contribution in [0.4, 0.5) is 10.5 Å². The summed E-state index contributed by atoms with van der Waals surface area (Å²) in [5, 5.41) is 17.5. The lowest BCUT2D eigenvalue weighted by Gasteiger charge is -2.12. The third-order valence-electron chi connectivity index (χ3n) is 3.60. The number of carboxylic acid groups (broad SMARTS) is 1. The zero-order valence-corrected chi connectivity index (χ0v) is 11.5. The standard InChI is InChI=1S/C14H14N2O3S/c17-12(18)14(4-5-14)8-15-13(19)16-10-1-2-11-9(7-10)3-6-20-11/h1-3,6-7H,4-5,8H2,(H,17,18)(H2,15,16,19). The molecule has 104 valence electrons. The van der Waals surface area contributed by atoms with Crippen molar-refractivity contribution in [3.63, 3.8) is 0 Å². The SMILES string of the molecule is O=C(NCC1(C(=O)O)CC1)Nc1ccc2sccc2c1. The molecule has 5 nitrogen and oxygen atoms in total. The summed E-state index contributed by atoms with van der Waals surface area (Å²) in [6.45, 7) is 0.175. The quantitative estimate of drug-likeness (QED) is 0.810. The van der Waals surface area contributed by atoms with E-state index in [0.29, 0.717) is 18.5 Å². The average molecular weight is 290 g/mol. The molecule has 0 radical (unpaired) electrons. The van der Waals surface area contributed by atoms with Gasteiger partial charge in [0, 0.05) is 16.9 Å². The number of nitrogens with one attached hydrogen (secondary N) is 2. The highest BCUT2D eigenvalue weighted by atomic mass is 32.1. The van der Waals surface area contributed by atoms with Gasteiger partial charge in [-0.2, -0.15) is 0 Å². The fourth-order valence-electron chi connectivity index (χ4n) is 2.09. The third-order valence-corrected chi connectivity index (χ3v) is 4.50. The number of benzene rings is 1. The first-order valence-electron chi connectivity index (χ1n) is 6.35. The summed E-state index contributed by atoms with van der Waals surface area (Å²) in [5.41, 5.74) is -0.0390. The number of hydrogen-bond acceptors (Lipinski definition) is 3. The van der Waals surface area contributed by atoms with Crippen molar-refractivity contribution in [1.82, 2.24) is 5.32 Å². The predicted molar refractivity (Wildman–Crippen MR) is 78.1 cm³/mol. The fraction of sp³-hybridized carbons (Fsp3) is 0.286. The molecule has 0 unspecified atom stereocenters. The Morgan fingerprint density at radius 1 is 1.30 bits per heavy atom. The summed E-state index contributed by atoms with van der Waals surface area (Å²) in [6.07, 6.45) is 1.26. The molecule has 0 bridgehead atoms. The second-order valence-corrected chi connectivity index (χ2v) is 6.01. The van der Waals surface area contributed by atoms with Crippen LogP contribution in [-0.2, 0) is 4.79 Å². The van der Waals surface area contributed by atoms with Crippen molar-refractivity contribution in [3.05, 3.63) is 29.6 Å². The molecule has 2 aromatic rings. The zero-order valence-electron chi connectivity index (χ0n) is 10.7. The van der Waals surface area contributed by atoms with Crippen molar-refractivity contribution in [2.45, 2.75) is 12.8 Å². The van der Waals surface area contributed by atoms with E-state index in [-0.39, 0.29) is 12.6 Å². The first kappa shape index (κ1) is 12.9. The number of carboxylic acids is 1. The van der Waals surface area contributed by atoms with Gasteiger partial charge in [-0.05, 0) is 47.9 Å². The number of amides is 2. The van der Waals surface area contributed by atoms with Gasteiger partial charge in [0.25, 0.3) is 0 Å². The summed E-state index contributed by atoms with van der Waals surface area (Å²) < 4.78 is 1.17. The number of hydrogen-bond donors (Lipinski definition) is 3. The van der Waals surface area contributed by atoms with Gasteiger partial charge in [0.15, 0.2) is 0 Å². The van der Waals surface area contributed by atoms with Gasteiger partial charge < -0.3 is 15.7 Å². The lowest BCUT2D eigenvalue weighted by molar-refractivity contribution is -0.143. The number of aliphatic carboxylic acids is 1. The van der Waals surface area contributed by atoms with Crippen LogP contribution in [0.1, 0.15) is 12.8 Å². The van der Waals surface area contributed by atoms with Crippen molar-refractivity contribution in [1.29, 1.82) is 0 Å². The van der Waals surface area contributed by atoms with E-state index >= 15 is 0 Å². The summed E-state index contributed by atoms with van der Waals surface area (Å²) in [6, 6.07) is 7.31. The zero-order chi connectivity index (χ0) is 14.2. The lowest BCUT2D eigenvalue weighted by atomic mass is 10.1. The Kier molecular flexibility index (Phi) is 3.10. The molecule has 0 spiro atoms. The molecule has 1 aliphatic carbocycles. The molecule has 1 fully saturated rings. The molecule has 1 aromatic carbocycles. The van der Waals surface area contributed by atoms with Crippen LogP contribution in [0.5, 0.6) is 0 Å². The predicted octanol–water partition coefficient (Wildman–Crippen LogP) is 2.89. The van der Waals surface area contributed by atoms with Gasteiger partial charge in [-0.25, -0.2) is 4.79 Å². The number of rotatable bonds is 4. The lowest BCUT2D eigenvalue weighted by Crippen LogP contribution is -2.36. The van der Waals surface area contributed by atoms with Crippen molar-refractivity contribution in [3.8, 4) is 0 Å². The molecule has 0 atom stereocenters. The normalized spacial score (nSPS) is 15.8. The minimum absolute atomic E-state index is 0.175. The van der Waals surface area contributed by atoms with Crippen LogP contribution in [0.2, 0.25) is 0 Å². The average Bonchev–Trinajstić information content (AvgIpc) is 3.08. The van der Waals surface area contributed by atoms with Crippen LogP contribution in [0.25, 0.3) is 10.1 Å². The third kappa shape index (κ3) is 2.46. The number of thiophene rings is 1. The molecular formula is C14H14N2O3S. The number of carbonyl (C=O) groups is 2. The highest BCUT2D eigenvalue weighted by Crippen LogP contribution is 2.45. The molecule has 1 aromatic heterocycles. The molecule has 0 aliphatic heterocycles. The topological polar surface area (TPSA) is 78.4 Å². The van der Waals surface area contributed by atoms with Crippen LogP contribution >= 0.6 is 11.3 Å². The highest BCUT2D eigenvalue weighted by molar-refractivity contribution is 7.17. The van der Waals surface area contributed by atoms with Crippen LogP contribution in [0, 0.1) is 5.41 Å². The molecule has 6 heteroatoms. The minimum atomic E-state index is -0.836. The van der Waals surface area contributed by atoms with E-state index in [1.807, 2.05) is 29.6 Å². The Hall–Kier alpha value is -2.08. The van der Waals surface area contributed by atoms with Gasteiger partial charge in [0.2, 0.25) is 0 Å². The number of fused-ring (bicyclic) bond motifs is 1. The molecular weight excluding hydrogens is 276 g/mol. The smallest absolute Gasteiger partial charge is 0.319 e. The van der Waals surface area contributed by atoms with E-state index in [9.17, 15) is 9.59 Å². The van der Waals surface area contributed by atoms with Crippen molar-refractivity contribution >= 4 is 39.1 Å². The van der Waals surface area contributed by atoms with Gasteiger partial charge >= 0.3 is 12.0 Å². The monoisotopic (exact) mass is 290 g/mol. The maximum absolute atomic E-state index is 11.8. The van der Waals surface area contributed by atoms with E-state index in [1.54, 1.807) is 11.3 Å². The number of urea groups is 1. The van der Waals surface area contributed by atoms with E-state index in [2.05, 4.69) is 10.6 Å². The fourth-order valence-corrected chi connectivity index (χ4v) is 2.86. The minimum Gasteiger partial charge on any atom is -0.481 e. The van der Waals surface area contributed by atoms with Crippen LogP contribution in [0.15, 0.2) is 29.6 Å². The van der Waals surface area contributed by atoms with Crippen LogP contribution < -0.4 is 10.6 Å². The first-order chi connectivity index (χ1) is 9.59. The largest absolute Gasteiger partial charge is 0.481 e. The van der Waals surface area contributed by atoms with Gasteiger partial charge in [-0.15, -0.1) is 11.3 Å². The Bertz CT molecular complexity index is 676. The maximum Gasteiger partial charge on any atom is 0.319 e. The van der Waals surface area contributed by atoms with E-state index < -0.39 is 11.4 Å². The van der Waals surface area contributed by atoms with Crippen molar-refractivity contribution < 1.29 is 14.7 Å². The summed E-state index contributed by atoms with van der Waals surface area (Å²) in [7, 11) is 0. The summed E-state index contributed by atoms with van der Waals surface area (Å²) >= 11 is 1.65. The molecule has 0 saturated heterocycles. The Morgan fingerprint density at radius 2 is 2.10 bits per heavy atom. The Labute approximate surface area is 119 Å². The molecule has 2 amide bonds. The first-order valence-corrected chi connectivity index (χ1v) is 7.23. The van der Waals surface area contributed by atoms with E-state index in [1.165, 1.54) is 4.70 Å². The van der Waals surface area contributed by atoms with Crippen molar-refractivity contribution in [2.24, 2.45) is 5.41 Å². The number of anilines is 1. The highest BCUT2D eigenvalue weighted by Gasteiger charge is 2.50. The summed E-state index contributed by atoms with van der Waals surface area (Å²) in [5.74, 6) is -0.836. The second kappa shape index (κ2) is 4.79. The number of carbonyl (C=O) groups excluding carboxylic acids is 1. The van der Waals surface area contributed by atoms with Crippen LogP contribution in [0.3, 0.4) is 0 Å². The summed E-state index contributed by atoms with van der Waals surface area (Å²) in [4.78, 5) is 22.8. The van der Waals surface area contributed by atoms with Gasteiger partial charge in [0.05, 0.1) is 5.41 Å². The van der Waals surface area contributed by atoms with Crippen LogP contribution in [-0.4, -0.2) is 23.7 Å². The molecule has 1 heterocycles. The van der Waals surface area contributed by atoms with E-state index in [0.717, 1.165) is 5.39 Å².